The Balaban J connectivity index is 1.55. The van der Waals surface area contributed by atoms with Crippen LogP contribution < -0.4 is 4.74 Å². The first-order valence-electron chi connectivity index (χ1n) is 10.0. The number of hydrogen-bond acceptors (Lipinski definition) is 5. The first-order chi connectivity index (χ1) is 13.7. The van der Waals surface area contributed by atoms with Gasteiger partial charge in [0, 0.05) is 6.42 Å². The summed E-state index contributed by atoms with van der Waals surface area (Å²) in [6, 6.07) is 11.4. The number of carbonyl (C=O) groups is 1. The minimum Gasteiger partial charge on any atom is -0.497 e. The molecule has 4 rings (SSSR count). The van der Waals surface area contributed by atoms with E-state index < -0.39 is 0 Å². The van der Waals surface area contributed by atoms with E-state index in [2.05, 4.69) is 4.90 Å². The first-order valence-corrected chi connectivity index (χ1v) is 10.0. The van der Waals surface area contributed by atoms with Crippen molar-refractivity contribution in [1.82, 2.24) is 9.91 Å². The molecular weight excluding hydrogens is 354 g/mol. The minimum atomic E-state index is -0.188. The zero-order valence-electron chi connectivity index (χ0n) is 16.3. The molecule has 1 aromatic carbocycles. The molecule has 1 atom stereocenters. The van der Waals surface area contributed by atoms with Gasteiger partial charge in [0.2, 0.25) is 0 Å². The maximum Gasteiger partial charge on any atom is 0.257 e. The number of furan rings is 1. The van der Waals surface area contributed by atoms with E-state index in [1.807, 2.05) is 36.4 Å². The van der Waals surface area contributed by atoms with Crippen LogP contribution in [0.4, 0.5) is 0 Å². The topological polar surface area (TPSA) is 58.3 Å². The molecule has 0 N–H and O–H groups in total. The second kappa shape index (κ2) is 8.61. The molecule has 0 bridgehead atoms. The third-order valence-corrected chi connectivity index (χ3v) is 5.52. The van der Waals surface area contributed by atoms with E-state index in [0.29, 0.717) is 13.0 Å². The molecule has 6 heteroatoms. The number of ether oxygens (including phenoxy) is 1. The Morgan fingerprint density at radius 3 is 2.54 bits per heavy atom. The highest BCUT2D eigenvalue weighted by molar-refractivity contribution is 6.03. The molecule has 0 aliphatic carbocycles. The van der Waals surface area contributed by atoms with Crippen molar-refractivity contribution in [2.45, 2.75) is 38.1 Å². The largest absolute Gasteiger partial charge is 0.497 e. The fourth-order valence-corrected chi connectivity index (χ4v) is 3.96. The molecule has 2 aliphatic heterocycles. The molecule has 28 heavy (non-hydrogen) atoms. The number of likely N-dealkylation sites (tertiary alicyclic amines) is 1. The van der Waals surface area contributed by atoms with Crippen molar-refractivity contribution in [3.8, 4) is 5.75 Å². The van der Waals surface area contributed by atoms with Gasteiger partial charge in [-0.2, -0.15) is 5.10 Å². The van der Waals surface area contributed by atoms with Gasteiger partial charge in [-0.25, -0.2) is 5.01 Å². The smallest absolute Gasteiger partial charge is 0.257 e. The summed E-state index contributed by atoms with van der Waals surface area (Å²) in [5, 5.41) is 6.34. The number of methoxy groups -OCH3 is 1. The van der Waals surface area contributed by atoms with Crippen molar-refractivity contribution in [2.75, 3.05) is 26.7 Å². The molecule has 1 fully saturated rings. The van der Waals surface area contributed by atoms with Crippen LogP contribution in [0.5, 0.6) is 5.75 Å². The van der Waals surface area contributed by atoms with Gasteiger partial charge in [0.05, 0.1) is 25.6 Å². The summed E-state index contributed by atoms with van der Waals surface area (Å²) in [4.78, 5) is 15.4. The van der Waals surface area contributed by atoms with Crippen LogP contribution >= 0.6 is 0 Å². The van der Waals surface area contributed by atoms with Gasteiger partial charge in [-0.3, -0.25) is 9.69 Å². The average Bonchev–Trinajstić information content (AvgIpc) is 3.34. The standard InChI is InChI=1S/C22H27N3O3/c1-27-18-10-8-17(9-11-18)19-15-20(21-7-6-14-28-21)25(23-19)22(26)16-24-12-4-2-3-5-13-24/h6-11,14,20H,2-5,12-13,15-16H2,1H3. The summed E-state index contributed by atoms with van der Waals surface area (Å²) in [7, 11) is 1.65. The summed E-state index contributed by atoms with van der Waals surface area (Å²) in [6.45, 7) is 2.39. The van der Waals surface area contributed by atoms with Crippen LogP contribution in [0.3, 0.4) is 0 Å². The molecule has 3 heterocycles. The third kappa shape index (κ3) is 4.12. The summed E-state index contributed by atoms with van der Waals surface area (Å²) in [5.41, 5.74) is 1.90. The number of hydrogen-bond donors (Lipinski definition) is 0. The van der Waals surface area contributed by atoms with E-state index >= 15 is 0 Å². The van der Waals surface area contributed by atoms with Crippen molar-refractivity contribution in [3.05, 3.63) is 54.0 Å². The van der Waals surface area contributed by atoms with Gasteiger partial charge in [-0.15, -0.1) is 0 Å². The molecule has 0 radical (unpaired) electrons. The summed E-state index contributed by atoms with van der Waals surface area (Å²) >= 11 is 0. The lowest BCUT2D eigenvalue weighted by Crippen LogP contribution is -2.38. The Bertz CT molecular complexity index is 806. The zero-order valence-corrected chi connectivity index (χ0v) is 16.3. The molecule has 1 amide bonds. The monoisotopic (exact) mass is 381 g/mol. The lowest BCUT2D eigenvalue weighted by molar-refractivity contribution is -0.134. The van der Waals surface area contributed by atoms with Crippen LogP contribution in [0.2, 0.25) is 0 Å². The van der Waals surface area contributed by atoms with Crippen LogP contribution in [0.15, 0.2) is 52.2 Å². The fraction of sp³-hybridized carbons (Fsp3) is 0.455. The van der Waals surface area contributed by atoms with Gasteiger partial charge < -0.3 is 9.15 Å². The van der Waals surface area contributed by atoms with Crippen molar-refractivity contribution < 1.29 is 13.9 Å². The zero-order chi connectivity index (χ0) is 19.3. The minimum absolute atomic E-state index is 0.0341. The van der Waals surface area contributed by atoms with E-state index in [9.17, 15) is 4.79 Å². The number of amides is 1. The van der Waals surface area contributed by atoms with E-state index in [0.717, 1.165) is 48.7 Å². The lowest BCUT2D eigenvalue weighted by Gasteiger charge is -2.24. The highest BCUT2D eigenvalue weighted by atomic mass is 16.5. The fourth-order valence-electron chi connectivity index (χ4n) is 3.96. The number of rotatable bonds is 5. The van der Waals surface area contributed by atoms with Crippen molar-refractivity contribution >= 4 is 11.6 Å². The van der Waals surface area contributed by atoms with Gasteiger partial charge >= 0.3 is 0 Å². The van der Waals surface area contributed by atoms with Crippen LogP contribution in [0.25, 0.3) is 0 Å². The molecule has 148 valence electrons. The molecule has 1 aromatic heterocycles. The number of hydrazone groups is 1. The Labute approximate surface area is 165 Å². The van der Waals surface area contributed by atoms with E-state index in [4.69, 9.17) is 14.3 Å². The van der Waals surface area contributed by atoms with Crippen LogP contribution in [-0.2, 0) is 4.79 Å². The van der Waals surface area contributed by atoms with Gasteiger partial charge in [0.1, 0.15) is 17.6 Å². The van der Waals surface area contributed by atoms with Crippen LogP contribution in [-0.4, -0.2) is 48.3 Å². The van der Waals surface area contributed by atoms with Crippen LogP contribution in [0.1, 0.15) is 49.5 Å². The summed E-state index contributed by atoms with van der Waals surface area (Å²) in [5.74, 6) is 1.61. The van der Waals surface area contributed by atoms with Crippen molar-refractivity contribution in [3.63, 3.8) is 0 Å². The second-order valence-electron chi connectivity index (χ2n) is 7.44. The highest BCUT2D eigenvalue weighted by Gasteiger charge is 2.35. The molecule has 0 spiro atoms. The number of benzene rings is 1. The lowest BCUT2D eigenvalue weighted by atomic mass is 10.0. The molecule has 2 aromatic rings. The van der Waals surface area contributed by atoms with Gasteiger partial charge in [0.15, 0.2) is 0 Å². The SMILES string of the molecule is COc1ccc(C2=NN(C(=O)CN3CCCCCC3)C(c3ccco3)C2)cc1. The normalized spacial score (nSPS) is 20.7. The predicted molar refractivity (Wildman–Crippen MR) is 107 cm³/mol. The molecule has 1 saturated heterocycles. The van der Waals surface area contributed by atoms with Gasteiger partial charge in [-0.1, -0.05) is 12.8 Å². The average molecular weight is 381 g/mol. The number of carbonyl (C=O) groups excluding carboxylic acids is 1. The maximum atomic E-state index is 13.1. The van der Waals surface area contributed by atoms with E-state index in [1.54, 1.807) is 18.4 Å². The molecule has 1 unspecified atom stereocenters. The van der Waals surface area contributed by atoms with Gasteiger partial charge in [0.25, 0.3) is 5.91 Å². The summed E-state index contributed by atoms with van der Waals surface area (Å²) in [6.07, 6.45) is 7.13. The molecule has 2 aliphatic rings. The van der Waals surface area contributed by atoms with Gasteiger partial charge in [-0.05, 0) is 67.9 Å². The van der Waals surface area contributed by atoms with Crippen LogP contribution in [0, 0.1) is 0 Å². The quantitative estimate of drug-likeness (QED) is 0.790. The van der Waals surface area contributed by atoms with E-state index in [1.165, 1.54) is 12.8 Å². The van der Waals surface area contributed by atoms with Crippen molar-refractivity contribution in [1.29, 1.82) is 0 Å². The molecular formula is C22H27N3O3. The Kier molecular flexibility index (Phi) is 5.76. The Hall–Kier alpha value is -2.60. The molecule has 6 nitrogen and oxygen atoms in total. The number of nitrogens with zero attached hydrogens (tertiary/aromatic N) is 3. The Morgan fingerprint density at radius 1 is 1.14 bits per heavy atom. The highest BCUT2D eigenvalue weighted by Crippen LogP contribution is 2.33. The maximum absolute atomic E-state index is 13.1. The second-order valence-corrected chi connectivity index (χ2v) is 7.44. The van der Waals surface area contributed by atoms with Crippen molar-refractivity contribution in [2.24, 2.45) is 5.10 Å². The summed E-state index contributed by atoms with van der Waals surface area (Å²) < 4.78 is 10.9. The predicted octanol–water partition coefficient (Wildman–Crippen LogP) is 3.84. The Morgan fingerprint density at radius 2 is 1.89 bits per heavy atom. The third-order valence-electron chi connectivity index (χ3n) is 5.52. The molecule has 0 saturated carbocycles. The van der Waals surface area contributed by atoms with E-state index in [-0.39, 0.29) is 11.9 Å². The first kappa shape index (κ1) is 18.7.